The zero-order chi connectivity index (χ0) is 11.8. The largest absolute Gasteiger partial charge is 0.325 e. The van der Waals surface area contributed by atoms with Crippen LogP contribution in [0.3, 0.4) is 0 Å². The summed E-state index contributed by atoms with van der Waals surface area (Å²) in [6.07, 6.45) is 0. The van der Waals surface area contributed by atoms with Crippen LogP contribution in [-0.4, -0.2) is 12.5 Å². The van der Waals surface area contributed by atoms with Gasteiger partial charge in [-0.3, -0.25) is 4.79 Å². The maximum Gasteiger partial charge on any atom is 0.234 e. The van der Waals surface area contributed by atoms with Crippen LogP contribution in [-0.2, 0) is 10.2 Å². The van der Waals surface area contributed by atoms with Crippen molar-refractivity contribution in [1.82, 2.24) is 0 Å². The van der Waals surface area contributed by atoms with Gasteiger partial charge in [-0.2, -0.15) is 0 Å². The molecular weight excluding hydrogens is 272 g/mol. The standard InChI is InChI=1S/C10H9BrN4O/c1-10(5-13-15-12)7-4-6(11)2-3-8(7)14-9(10)16/h2-4H,5H2,1H3,(H,14,16). The number of amides is 1. The van der Waals surface area contributed by atoms with Crippen LogP contribution in [0.5, 0.6) is 0 Å². The fourth-order valence-corrected chi connectivity index (χ4v) is 2.16. The number of hydrogen-bond donors (Lipinski definition) is 1. The van der Waals surface area contributed by atoms with E-state index in [9.17, 15) is 4.79 Å². The number of fused-ring (bicyclic) bond motifs is 1. The lowest BCUT2D eigenvalue weighted by Crippen LogP contribution is -2.33. The molecule has 5 nitrogen and oxygen atoms in total. The third kappa shape index (κ3) is 1.56. The van der Waals surface area contributed by atoms with Crippen molar-refractivity contribution in [3.05, 3.63) is 38.7 Å². The summed E-state index contributed by atoms with van der Waals surface area (Å²) in [5.74, 6) is -0.131. The molecule has 82 valence electrons. The van der Waals surface area contributed by atoms with Gasteiger partial charge in [-0.25, -0.2) is 0 Å². The molecule has 1 aliphatic heterocycles. The molecule has 1 amide bonds. The molecule has 0 aliphatic carbocycles. The van der Waals surface area contributed by atoms with Gasteiger partial charge in [-0.05, 0) is 36.2 Å². The van der Waals surface area contributed by atoms with E-state index >= 15 is 0 Å². The van der Waals surface area contributed by atoms with Crippen LogP contribution in [0.15, 0.2) is 27.8 Å². The van der Waals surface area contributed by atoms with Crippen LogP contribution in [0.4, 0.5) is 5.69 Å². The molecule has 0 aromatic heterocycles. The predicted octanol–water partition coefficient (Wildman–Crippen LogP) is 2.97. The molecule has 1 atom stereocenters. The van der Waals surface area contributed by atoms with Crippen molar-refractivity contribution in [2.75, 3.05) is 11.9 Å². The van der Waals surface area contributed by atoms with Crippen molar-refractivity contribution in [2.45, 2.75) is 12.3 Å². The first-order chi connectivity index (χ1) is 7.58. The molecular formula is C10H9BrN4O. The highest BCUT2D eigenvalue weighted by molar-refractivity contribution is 9.10. The SMILES string of the molecule is CC1(CN=[N+]=[N-])C(=O)Nc2ccc(Br)cc21. The Bertz CT molecular complexity index is 510. The van der Waals surface area contributed by atoms with Crippen molar-refractivity contribution < 1.29 is 4.79 Å². The smallest absolute Gasteiger partial charge is 0.234 e. The van der Waals surface area contributed by atoms with Gasteiger partial charge < -0.3 is 5.32 Å². The Morgan fingerprint density at radius 2 is 2.38 bits per heavy atom. The topological polar surface area (TPSA) is 77.9 Å². The second-order valence-corrected chi connectivity index (χ2v) is 4.78. The van der Waals surface area contributed by atoms with Gasteiger partial charge in [-0.1, -0.05) is 21.0 Å². The van der Waals surface area contributed by atoms with Crippen molar-refractivity contribution in [3.63, 3.8) is 0 Å². The lowest BCUT2D eigenvalue weighted by atomic mass is 9.84. The van der Waals surface area contributed by atoms with Gasteiger partial charge in [0.15, 0.2) is 0 Å². The van der Waals surface area contributed by atoms with Crippen molar-refractivity contribution >= 4 is 27.5 Å². The Balaban J connectivity index is 2.52. The van der Waals surface area contributed by atoms with Crippen molar-refractivity contribution in [2.24, 2.45) is 5.11 Å². The summed E-state index contributed by atoms with van der Waals surface area (Å²) in [5.41, 5.74) is 9.22. The number of benzene rings is 1. The summed E-state index contributed by atoms with van der Waals surface area (Å²) >= 11 is 3.36. The van der Waals surface area contributed by atoms with Crippen LogP contribution in [0.1, 0.15) is 12.5 Å². The number of nitrogens with zero attached hydrogens (tertiary/aromatic N) is 3. The quantitative estimate of drug-likeness (QED) is 0.505. The maximum atomic E-state index is 11.9. The van der Waals surface area contributed by atoms with Crippen LogP contribution >= 0.6 is 15.9 Å². The molecule has 0 spiro atoms. The van der Waals surface area contributed by atoms with Gasteiger partial charge >= 0.3 is 0 Å². The number of azide groups is 1. The summed E-state index contributed by atoms with van der Waals surface area (Å²) in [7, 11) is 0. The number of carbonyl (C=O) groups is 1. The summed E-state index contributed by atoms with van der Waals surface area (Å²) < 4.78 is 0.898. The molecule has 1 aromatic rings. The first kappa shape index (κ1) is 11.0. The molecule has 1 aliphatic rings. The highest BCUT2D eigenvalue weighted by Crippen LogP contribution is 2.39. The minimum absolute atomic E-state index is 0.124. The van der Waals surface area contributed by atoms with Gasteiger partial charge in [-0.15, -0.1) is 0 Å². The number of halogens is 1. The van der Waals surface area contributed by atoms with E-state index in [1.165, 1.54) is 0 Å². The fraction of sp³-hybridized carbons (Fsp3) is 0.300. The second-order valence-electron chi connectivity index (χ2n) is 3.87. The average Bonchev–Trinajstić information content (AvgIpc) is 2.50. The van der Waals surface area contributed by atoms with Crippen molar-refractivity contribution in [1.29, 1.82) is 0 Å². The number of rotatable bonds is 2. The Hall–Kier alpha value is -1.52. The lowest BCUT2D eigenvalue weighted by molar-refractivity contribution is -0.120. The lowest BCUT2D eigenvalue weighted by Gasteiger charge is -2.19. The molecule has 2 rings (SSSR count). The zero-order valence-corrected chi connectivity index (χ0v) is 10.2. The molecule has 0 fully saturated rings. The Labute approximate surface area is 101 Å². The Kier molecular flexibility index (Phi) is 2.61. The van der Waals surface area contributed by atoms with E-state index in [0.29, 0.717) is 0 Å². The first-order valence-electron chi connectivity index (χ1n) is 4.70. The number of anilines is 1. The van der Waals surface area contributed by atoms with Crippen molar-refractivity contribution in [3.8, 4) is 0 Å². The molecule has 1 N–H and O–H groups in total. The number of hydrogen-bond acceptors (Lipinski definition) is 2. The van der Waals surface area contributed by atoms with Crippen LogP contribution < -0.4 is 5.32 Å². The predicted molar refractivity (Wildman–Crippen MR) is 64.1 cm³/mol. The highest BCUT2D eigenvalue weighted by atomic mass is 79.9. The molecule has 0 radical (unpaired) electrons. The number of carbonyl (C=O) groups excluding carboxylic acids is 1. The van der Waals surface area contributed by atoms with Crippen LogP contribution in [0.2, 0.25) is 0 Å². The Morgan fingerprint density at radius 3 is 3.06 bits per heavy atom. The van der Waals surface area contributed by atoms with E-state index in [1.54, 1.807) is 6.92 Å². The average molecular weight is 281 g/mol. The third-order valence-corrected chi connectivity index (χ3v) is 3.27. The van der Waals surface area contributed by atoms with Crippen LogP contribution in [0, 0.1) is 0 Å². The molecule has 0 bridgehead atoms. The summed E-state index contributed by atoms with van der Waals surface area (Å²) in [6, 6.07) is 5.57. The normalized spacial score (nSPS) is 22.2. The molecule has 6 heteroatoms. The molecule has 1 unspecified atom stereocenters. The zero-order valence-electron chi connectivity index (χ0n) is 8.57. The van der Waals surface area contributed by atoms with E-state index in [2.05, 4.69) is 31.3 Å². The highest BCUT2D eigenvalue weighted by Gasteiger charge is 2.42. The maximum absolute atomic E-state index is 11.9. The van der Waals surface area contributed by atoms with E-state index in [-0.39, 0.29) is 12.5 Å². The minimum Gasteiger partial charge on any atom is -0.325 e. The van der Waals surface area contributed by atoms with E-state index in [1.807, 2.05) is 18.2 Å². The summed E-state index contributed by atoms with van der Waals surface area (Å²) in [5, 5.41) is 6.29. The molecule has 0 saturated heterocycles. The monoisotopic (exact) mass is 280 g/mol. The molecule has 1 heterocycles. The van der Waals surface area contributed by atoms with Gasteiger partial charge in [0, 0.05) is 21.6 Å². The summed E-state index contributed by atoms with van der Waals surface area (Å²) in [4.78, 5) is 14.6. The molecule has 0 saturated carbocycles. The Morgan fingerprint density at radius 1 is 1.62 bits per heavy atom. The van der Waals surface area contributed by atoms with Crippen LogP contribution in [0.25, 0.3) is 10.4 Å². The molecule has 16 heavy (non-hydrogen) atoms. The third-order valence-electron chi connectivity index (χ3n) is 2.78. The number of nitrogens with one attached hydrogen (secondary N) is 1. The van der Waals surface area contributed by atoms with E-state index in [0.717, 1.165) is 15.7 Å². The van der Waals surface area contributed by atoms with Gasteiger partial charge in [0.25, 0.3) is 0 Å². The van der Waals surface area contributed by atoms with Gasteiger partial charge in [0.1, 0.15) is 0 Å². The van der Waals surface area contributed by atoms with E-state index in [4.69, 9.17) is 5.53 Å². The van der Waals surface area contributed by atoms with E-state index < -0.39 is 5.41 Å². The summed E-state index contributed by atoms with van der Waals surface area (Å²) in [6.45, 7) is 1.90. The van der Waals surface area contributed by atoms with Gasteiger partial charge in [0.05, 0.1) is 5.41 Å². The first-order valence-corrected chi connectivity index (χ1v) is 5.49. The second kappa shape index (κ2) is 3.81. The van der Waals surface area contributed by atoms with Gasteiger partial charge in [0.2, 0.25) is 5.91 Å². The minimum atomic E-state index is -0.772. The fourth-order valence-electron chi connectivity index (χ4n) is 1.79. The molecule has 1 aromatic carbocycles.